The van der Waals surface area contributed by atoms with Gasteiger partial charge in [0.05, 0.1) is 20.9 Å². The average Bonchev–Trinajstić information content (AvgIpc) is 3.22. The van der Waals surface area contributed by atoms with Crippen molar-refractivity contribution < 1.29 is 0 Å². The Balaban J connectivity index is 1.46. The maximum Gasteiger partial charge on any atom is 0.117 e. The van der Waals surface area contributed by atoms with E-state index in [1.165, 1.54) is 31.5 Å². The summed E-state index contributed by atoms with van der Waals surface area (Å²) in [6.07, 6.45) is 9.12. The number of para-hydroxylation sites is 2. The van der Waals surface area contributed by atoms with Gasteiger partial charge in [0.25, 0.3) is 0 Å². The molecule has 1 aliphatic carbocycles. The lowest BCUT2D eigenvalue weighted by Crippen LogP contribution is -2.17. The van der Waals surface area contributed by atoms with Crippen LogP contribution in [0.15, 0.2) is 81.8 Å². The molecule has 0 radical (unpaired) electrons. The molecule has 2 heterocycles. The molecule has 0 saturated heterocycles. The van der Waals surface area contributed by atoms with E-state index < -0.39 is 0 Å². The summed E-state index contributed by atoms with van der Waals surface area (Å²) >= 11 is 3.59. The van der Waals surface area contributed by atoms with Gasteiger partial charge in [-0.25, -0.2) is 4.98 Å². The van der Waals surface area contributed by atoms with Crippen LogP contribution in [0, 0.1) is 5.41 Å². The van der Waals surface area contributed by atoms with Gasteiger partial charge in [-0.2, -0.15) is 0 Å². The third-order valence-corrected chi connectivity index (χ3v) is 7.04. The number of hydrogen-bond donors (Lipinski definition) is 1. The van der Waals surface area contributed by atoms with Crippen LogP contribution in [0.2, 0.25) is 0 Å². The van der Waals surface area contributed by atoms with Gasteiger partial charge in [0.1, 0.15) is 5.01 Å². The maximum atomic E-state index is 4.79. The van der Waals surface area contributed by atoms with E-state index in [2.05, 4.69) is 85.9 Å². The number of nitrogens with one attached hydrogen (secondary N) is 1. The standard InChI is InChI=1S/C24H22N2S2/c1-24(2)14-16(12-22-25-18-7-3-5-9-20(18)27-22)11-17(15-24)13-23-26-19-8-4-6-10-21(19)28-23/h3-13,25H,14-15H2,1-2H3. The minimum Gasteiger partial charge on any atom is -0.349 e. The summed E-state index contributed by atoms with van der Waals surface area (Å²) < 4.78 is 1.25. The number of thioether (sulfide) groups is 1. The van der Waals surface area contributed by atoms with E-state index in [0.717, 1.165) is 23.4 Å². The summed E-state index contributed by atoms with van der Waals surface area (Å²) in [5, 5.41) is 5.85. The molecule has 2 aliphatic rings. The Hall–Kier alpha value is -2.30. The van der Waals surface area contributed by atoms with Crippen LogP contribution in [0.25, 0.3) is 16.3 Å². The number of aromatic nitrogens is 1. The van der Waals surface area contributed by atoms with Crippen LogP contribution in [0.4, 0.5) is 5.69 Å². The molecule has 0 unspecified atom stereocenters. The third-order valence-electron chi connectivity index (χ3n) is 5.04. The lowest BCUT2D eigenvalue weighted by atomic mass is 9.75. The molecule has 5 rings (SSSR count). The fraction of sp³-hybridized carbons (Fsp3) is 0.208. The molecule has 0 bridgehead atoms. The highest BCUT2D eigenvalue weighted by atomic mass is 32.2. The number of hydrogen-bond acceptors (Lipinski definition) is 4. The Morgan fingerprint density at radius 2 is 1.82 bits per heavy atom. The lowest BCUT2D eigenvalue weighted by Gasteiger charge is -2.30. The molecule has 2 nitrogen and oxygen atoms in total. The monoisotopic (exact) mass is 402 g/mol. The molecular weight excluding hydrogens is 380 g/mol. The van der Waals surface area contributed by atoms with E-state index in [1.54, 1.807) is 11.3 Å². The number of benzene rings is 2. The van der Waals surface area contributed by atoms with Gasteiger partial charge in [-0.1, -0.05) is 56.0 Å². The Labute approximate surface area is 174 Å². The molecule has 1 aromatic heterocycles. The largest absolute Gasteiger partial charge is 0.349 e. The number of rotatable bonds is 2. The highest BCUT2D eigenvalue weighted by molar-refractivity contribution is 8.03. The molecule has 0 saturated carbocycles. The summed E-state index contributed by atoms with van der Waals surface area (Å²) in [4.78, 5) is 6.09. The van der Waals surface area contributed by atoms with Crippen molar-refractivity contribution in [2.75, 3.05) is 5.32 Å². The van der Waals surface area contributed by atoms with Crippen molar-refractivity contribution >= 4 is 45.1 Å². The van der Waals surface area contributed by atoms with Gasteiger partial charge in [-0.3, -0.25) is 0 Å². The SMILES string of the molecule is CC1(C)CC(C=C2Nc3ccccc3S2)=CC(=Cc2nc3ccccc3s2)C1. The summed E-state index contributed by atoms with van der Waals surface area (Å²) in [7, 11) is 0. The Morgan fingerprint density at radius 1 is 1.00 bits per heavy atom. The lowest BCUT2D eigenvalue weighted by molar-refractivity contribution is 0.356. The van der Waals surface area contributed by atoms with E-state index >= 15 is 0 Å². The van der Waals surface area contributed by atoms with Crippen LogP contribution < -0.4 is 5.32 Å². The normalized spacial score (nSPS) is 21.0. The fourth-order valence-corrected chi connectivity index (χ4v) is 5.90. The van der Waals surface area contributed by atoms with Crippen LogP contribution in [0.3, 0.4) is 0 Å². The maximum absolute atomic E-state index is 4.79. The van der Waals surface area contributed by atoms with Crippen LogP contribution in [0.1, 0.15) is 31.7 Å². The fourth-order valence-electron chi connectivity index (χ4n) is 3.97. The van der Waals surface area contributed by atoms with Crippen LogP contribution in [0.5, 0.6) is 0 Å². The number of allylic oxidation sites excluding steroid dienone is 4. The van der Waals surface area contributed by atoms with Crippen molar-refractivity contribution in [3.63, 3.8) is 0 Å². The van der Waals surface area contributed by atoms with Gasteiger partial charge < -0.3 is 5.32 Å². The van der Waals surface area contributed by atoms with Gasteiger partial charge >= 0.3 is 0 Å². The first kappa shape index (κ1) is 17.8. The highest BCUT2D eigenvalue weighted by Gasteiger charge is 2.26. The summed E-state index contributed by atoms with van der Waals surface area (Å²) in [5.74, 6) is 0. The van der Waals surface area contributed by atoms with Gasteiger partial charge in [0, 0.05) is 4.90 Å². The molecular formula is C24H22N2S2. The topological polar surface area (TPSA) is 24.9 Å². The average molecular weight is 403 g/mol. The van der Waals surface area contributed by atoms with E-state index in [1.807, 2.05) is 11.8 Å². The molecule has 0 spiro atoms. The van der Waals surface area contributed by atoms with Crippen molar-refractivity contribution in [2.45, 2.75) is 31.6 Å². The molecule has 0 atom stereocenters. The summed E-state index contributed by atoms with van der Waals surface area (Å²) in [5.41, 5.74) is 5.29. The predicted octanol–water partition coefficient (Wildman–Crippen LogP) is 7.49. The quantitative estimate of drug-likeness (QED) is 0.481. The molecule has 0 amide bonds. The summed E-state index contributed by atoms with van der Waals surface area (Å²) in [6, 6.07) is 16.9. The van der Waals surface area contributed by atoms with Gasteiger partial charge in [-0.15, -0.1) is 11.3 Å². The van der Waals surface area contributed by atoms with E-state index in [0.29, 0.717) is 0 Å². The molecule has 4 heteroatoms. The number of nitrogens with zero attached hydrogens (tertiary/aromatic N) is 1. The van der Waals surface area contributed by atoms with E-state index in [4.69, 9.17) is 4.98 Å². The van der Waals surface area contributed by atoms with Gasteiger partial charge in [0.15, 0.2) is 0 Å². The van der Waals surface area contributed by atoms with E-state index in [-0.39, 0.29) is 5.41 Å². The van der Waals surface area contributed by atoms with Crippen molar-refractivity contribution in [3.05, 3.63) is 81.9 Å². The van der Waals surface area contributed by atoms with Gasteiger partial charge in [0.2, 0.25) is 0 Å². The van der Waals surface area contributed by atoms with Crippen LogP contribution in [-0.4, -0.2) is 4.98 Å². The molecule has 140 valence electrons. The first-order chi connectivity index (χ1) is 13.5. The predicted molar refractivity (Wildman–Crippen MR) is 123 cm³/mol. The minimum atomic E-state index is 0.250. The van der Waals surface area contributed by atoms with Crippen LogP contribution in [-0.2, 0) is 0 Å². The Bertz CT molecular complexity index is 1090. The molecule has 28 heavy (non-hydrogen) atoms. The Morgan fingerprint density at radius 3 is 2.68 bits per heavy atom. The third kappa shape index (κ3) is 3.67. The first-order valence-electron chi connectivity index (χ1n) is 9.56. The molecule has 2 aromatic carbocycles. The molecule has 1 aliphatic heterocycles. The molecule has 3 aromatic rings. The van der Waals surface area contributed by atoms with Crippen molar-refractivity contribution in [2.24, 2.45) is 5.41 Å². The second kappa shape index (κ2) is 6.94. The second-order valence-electron chi connectivity index (χ2n) is 8.21. The minimum absolute atomic E-state index is 0.250. The van der Waals surface area contributed by atoms with Crippen molar-refractivity contribution in [1.29, 1.82) is 0 Å². The number of anilines is 1. The number of fused-ring (bicyclic) bond motifs is 2. The second-order valence-corrected chi connectivity index (χ2v) is 10.4. The zero-order valence-corrected chi connectivity index (χ0v) is 17.7. The van der Waals surface area contributed by atoms with Crippen LogP contribution >= 0.6 is 23.1 Å². The van der Waals surface area contributed by atoms with Crippen molar-refractivity contribution in [3.8, 4) is 0 Å². The zero-order valence-electron chi connectivity index (χ0n) is 16.0. The molecule has 0 fully saturated rings. The summed E-state index contributed by atoms with van der Waals surface area (Å²) in [6.45, 7) is 4.71. The smallest absolute Gasteiger partial charge is 0.117 e. The number of thiazole rings is 1. The zero-order chi connectivity index (χ0) is 19.1. The highest BCUT2D eigenvalue weighted by Crippen LogP contribution is 2.44. The Kier molecular flexibility index (Phi) is 4.41. The van der Waals surface area contributed by atoms with E-state index in [9.17, 15) is 0 Å². The molecule has 1 N–H and O–H groups in total. The van der Waals surface area contributed by atoms with Crippen molar-refractivity contribution in [1.82, 2.24) is 4.98 Å². The first-order valence-corrected chi connectivity index (χ1v) is 11.2. The van der Waals surface area contributed by atoms with Gasteiger partial charge in [-0.05, 0) is 65.8 Å².